The first-order valence-corrected chi connectivity index (χ1v) is 16.9. The highest BCUT2D eigenvalue weighted by Crippen LogP contribution is 2.31. The van der Waals surface area contributed by atoms with Gasteiger partial charge in [0.15, 0.2) is 0 Å². The third-order valence-corrected chi connectivity index (χ3v) is 9.23. The molecular formula is C32H45N5O8S. The fraction of sp³-hybridized carbons (Fsp3) is 0.531. The SMILES string of the molecule is COC(=O)CNC(=O)c1ccc(S(=O)(=O)N2CCC(c3ccc(NC(=O)CCCCCCNC(=O)OC(C)(C)C)cc3)CC2)cn1. The second-order valence-electron chi connectivity index (χ2n) is 12.1. The second-order valence-corrected chi connectivity index (χ2v) is 14.0. The number of nitrogens with zero attached hydrogens (tertiary/aromatic N) is 2. The van der Waals surface area contributed by atoms with E-state index in [-0.39, 0.29) is 29.0 Å². The molecule has 1 fully saturated rings. The fourth-order valence-corrected chi connectivity index (χ4v) is 6.31. The number of sulfonamides is 1. The summed E-state index contributed by atoms with van der Waals surface area (Å²) in [7, 11) is -2.58. The van der Waals surface area contributed by atoms with Crippen molar-refractivity contribution in [2.45, 2.75) is 82.1 Å². The molecule has 14 heteroatoms. The van der Waals surface area contributed by atoms with E-state index < -0.39 is 33.6 Å². The highest BCUT2D eigenvalue weighted by Gasteiger charge is 2.30. The molecule has 1 aliphatic heterocycles. The Labute approximate surface area is 270 Å². The van der Waals surface area contributed by atoms with Gasteiger partial charge in [0, 0.05) is 37.9 Å². The van der Waals surface area contributed by atoms with E-state index in [1.54, 1.807) is 0 Å². The maximum absolute atomic E-state index is 13.2. The fourth-order valence-electron chi connectivity index (χ4n) is 4.89. The van der Waals surface area contributed by atoms with Gasteiger partial charge in [0.2, 0.25) is 15.9 Å². The van der Waals surface area contributed by atoms with E-state index >= 15 is 0 Å². The lowest BCUT2D eigenvalue weighted by Gasteiger charge is -2.31. The van der Waals surface area contributed by atoms with Crippen LogP contribution in [0.25, 0.3) is 0 Å². The van der Waals surface area contributed by atoms with E-state index in [2.05, 4.69) is 25.7 Å². The minimum atomic E-state index is -3.79. The zero-order chi connectivity index (χ0) is 33.7. The normalized spacial score (nSPS) is 14.3. The number of benzene rings is 1. The summed E-state index contributed by atoms with van der Waals surface area (Å²) in [6.07, 6.45) is 5.77. The maximum atomic E-state index is 13.2. The summed E-state index contributed by atoms with van der Waals surface area (Å²) >= 11 is 0. The minimum absolute atomic E-state index is 0.00855. The maximum Gasteiger partial charge on any atom is 0.407 e. The summed E-state index contributed by atoms with van der Waals surface area (Å²) in [4.78, 5) is 51.3. The van der Waals surface area contributed by atoms with Gasteiger partial charge in [-0.2, -0.15) is 4.31 Å². The summed E-state index contributed by atoms with van der Waals surface area (Å²) < 4.78 is 37.5. The van der Waals surface area contributed by atoms with E-state index in [0.29, 0.717) is 44.6 Å². The molecular weight excluding hydrogens is 614 g/mol. The van der Waals surface area contributed by atoms with E-state index in [1.165, 1.54) is 23.5 Å². The first-order valence-electron chi connectivity index (χ1n) is 15.5. The molecule has 0 unspecified atom stereocenters. The standard InChI is InChI=1S/C32H45N5O8S/c1-32(2,3)45-31(41)33-18-8-6-5-7-9-28(38)36-25-12-10-23(11-13-25)24-16-19-37(20-17-24)46(42,43)26-14-15-27(34-21-26)30(40)35-22-29(39)44-4/h10-15,21,24H,5-9,16-20,22H2,1-4H3,(H,33,41)(H,35,40)(H,36,38). The van der Waals surface area contributed by atoms with Gasteiger partial charge < -0.3 is 25.4 Å². The lowest BCUT2D eigenvalue weighted by Crippen LogP contribution is -2.38. The van der Waals surface area contributed by atoms with Crippen LogP contribution in [0.2, 0.25) is 0 Å². The Hall–Kier alpha value is -4.04. The number of carbonyl (C=O) groups excluding carboxylic acids is 4. The van der Waals surface area contributed by atoms with Crippen LogP contribution in [0.4, 0.5) is 10.5 Å². The molecule has 3 N–H and O–H groups in total. The second kappa shape index (κ2) is 17.0. The van der Waals surface area contributed by atoms with Crippen LogP contribution in [0, 0.1) is 0 Å². The number of hydrogen-bond acceptors (Lipinski definition) is 9. The number of aromatic nitrogens is 1. The summed E-state index contributed by atoms with van der Waals surface area (Å²) in [6, 6.07) is 10.3. The van der Waals surface area contributed by atoms with Crippen molar-refractivity contribution in [3.8, 4) is 0 Å². The molecule has 252 valence electrons. The number of rotatable bonds is 14. The van der Waals surface area contributed by atoms with Crippen molar-refractivity contribution >= 4 is 39.6 Å². The molecule has 0 aliphatic carbocycles. The van der Waals surface area contributed by atoms with Crippen LogP contribution in [-0.2, 0) is 29.1 Å². The Balaban J connectivity index is 1.37. The number of hydrogen-bond donors (Lipinski definition) is 3. The molecule has 0 bridgehead atoms. The first kappa shape index (κ1) is 36.4. The van der Waals surface area contributed by atoms with E-state index in [9.17, 15) is 27.6 Å². The van der Waals surface area contributed by atoms with Gasteiger partial charge in [-0.25, -0.2) is 18.2 Å². The average molecular weight is 660 g/mol. The summed E-state index contributed by atoms with van der Waals surface area (Å²) in [5.74, 6) is -1.10. The number of esters is 1. The number of unbranched alkanes of at least 4 members (excludes halogenated alkanes) is 3. The van der Waals surface area contributed by atoms with Crippen LogP contribution in [0.15, 0.2) is 47.5 Å². The lowest BCUT2D eigenvalue weighted by molar-refractivity contribution is -0.139. The van der Waals surface area contributed by atoms with Gasteiger partial charge in [0.05, 0.1) is 7.11 Å². The van der Waals surface area contributed by atoms with Gasteiger partial charge in [0.1, 0.15) is 22.7 Å². The van der Waals surface area contributed by atoms with Gasteiger partial charge in [-0.05, 0) is 82.2 Å². The molecule has 46 heavy (non-hydrogen) atoms. The molecule has 1 aromatic heterocycles. The molecule has 3 amide bonds. The number of ether oxygens (including phenoxy) is 2. The zero-order valence-electron chi connectivity index (χ0n) is 27.0. The molecule has 3 rings (SSSR count). The molecule has 13 nitrogen and oxygen atoms in total. The highest BCUT2D eigenvalue weighted by atomic mass is 32.2. The predicted octanol–water partition coefficient (Wildman–Crippen LogP) is 3.97. The van der Waals surface area contributed by atoms with Crippen LogP contribution in [0.5, 0.6) is 0 Å². The predicted molar refractivity (Wildman–Crippen MR) is 172 cm³/mol. The van der Waals surface area contributed by atoms with Crippen molar-refractivity contribution in [1.29, 1.82) is 0 Å². The molecule has 1 aromatic carbocycles. The van der Waals surface area contributed by atoms with E-state index in [4.69, 9.17) is 4.74 Å². The van der Waals surface area contributed by atoms with Crippen molar-refractivity contribution in [1.82, 2.24) is 19.9 Å². The third-order valence-electron chi connectivity index (χ3n) is 7.35. The monoisotopic (exact) mass is 659 g/mol. The quantitative estimate of drug-likeness (QED) is 0.200. The zero-order valence-corrected chi connectivity index (χ0v) is 27.8. The van der Waals surface area contributed by atoms with Gasteiger partial charge in [-0.3, -0.25) is 14.4 Å². The van der Waals surface area contributed by atoms with Crippen molar-refractivity contribution in [3.63, 3.8) is 0 Å². The number of anilines is 1. The van der Waals surface area contributed by atoms with Gasteiger partial charge in [-0.15, -0.1) is 0 Å². The lowest BCUT2D eigenvalue weighted by atomic mass is 9.90. The van der Waals surface area contributed by atoms with Crippen molar-refractivity contribution in [2.24, 2.45) is 0 Å². The number of alkyl carbamates (subject to hydrolysis) is 1. The molecule has 0 atom stereocenters. The van der Waals surface area contributed by atoms with Crippen LogP contribution >= 0.6 is 0 Å². The Kier molecular flexibility index (Phi) is 13.5. The molecule has 2 aromatic rings. The van der Waals surface area contributed by atoms with Gasteiger partial charge in [0.25, 0.3) is 5.91 Å². The van der Waals surface area contributed by atoms with Crippen molar-refractivity contribution in [3.05, 3.63) is 53.9 Å². The number of nitrogens with one attached hydrogen (secondary N) is 3. The average Bonchev–Trinajstić information content (AvgIpc) is 3.02. The van der Waals surface area contributed by atoms with Crippen molar-refractivity contribution in [2.75, 3.05) is 38.6 Å². The third kappa shape index (κ3) is 11.7. The number of amides is 3. The number of methoxy groups -OCH3 is 1. The number of carbonyl (C=O) groups is 4. The Morgan fingerprint density at radius 2 is 1.61 bits per heavy atom. The topological polar surface area (TPSA) is 173 Å². The Morgan fingerprint density at radius 3 is 2.22 bits per heavy atom. The van der Waals surface area contributed by atoms with Gasteiger partial charge in [-0.1, -0.05) is 25.0 Å². The molecule has 0 spiro atoms. The Bertz CT molecular complexity index is 1430. The summed E-state index contributed by atoms with van der Waals surface area (Å²) in [6.45, 7) is 6.36. The smallest absolute Gasteiger partial charge is 0.407 e. The summed E-state index contributed by atoms with van der Waals surface area (Å²) in [5.41, 5.74) is 1.27. The number of piperidine rings is 1. The minimum Gasteiger partial charge on any atom is -0.468 e. The number of pyridine rings is 1. The van der Waals surface area contributed by atoms with Crippen LogP contribution in [0.3, 0.4) is 0 Å². The van der Waals surface area contributed by atoms with Gasteiger partial charge >= 0.3 is 12.1 Å². The van der Waals surface area contributed by atoms with Crippen LogP contribution in [-0.4, -0.2) is 80.5 Å². The molecule has 0 saturated carbocycles. The molecule has 0 radical (unpaired) electrons. The van der Waals surface area contributed by atoms with E-state index in [0.717, 1.165) is 37.4 Å². The first-order chi connectivity index (χ1) is 21.8. The van der Waals surface area contributed by atoms with E-state index in [1.807, 2.05) is 45.0 Å². The highest BCUT2D eigenvalue weighted by molar-refractivity contribution is 7.89. The molecule has 1 aliphatic rings. The largest absolute Gasteiger partial charge is 0.468 e. The van der Waals surface area contributed by atoms with Crippen LogP contribution in [0.1, 0.15) is 87.7 Å². The summed E-state index contributed by atoms with van der Waals surface area (Å²) in [5, 5.41) is 8.02. The Morgan fingerprint density at radius 1 is 0.935 bits per heavy atom. The molecule has 1 saturated heterocycles. The van der Waals surface area contributed by atoms with Crippen molar-refractivity contribution < 1.29 is 37.1 Å². The molecule has 2 heterocycles. The van der Waals surface area contributed by atoms with Crippen LogP contribution < -0.4 is 16.0 Å².